The molecule has 0 aliphatic carbocycles. The van der Waals surface area contributed by atoms with E-state index in [1.807, 2.05) is 6.92 Å². The van der Waals surface area contributed by atoms with Crippen molar-refractivity contribution in [3.8, 4) is 0 Å². The van der Waals surface area contributed by atoms with E-state index in [9.17, 15) is 13.2 Å². The van der Waals surface area contributed by atoms with Crippen LogP contribution in [-0.2, 0) is 16.6 Å². The molecule has 3 aromatic rings. The van der Waals surface area contributed by atoms with E-state index in [1.54, 1.807) is 79.7 Å². The molecule has 0 aliphatic heterocycles. The molecule has 0 fully saturated rings. The molecule has 0 aromatic heterocycles. The Bertz CT molecular complexity index is 1120. The van der Waals surface area contributed by atoms with Crippen LogP contribution in [0.15, 0.2) is 77.7 Å². The summed E-state index contributed by atoms with van der Waals surface area (Å²) in [5.41, 5.74) is 2.81. The lowest BCUT2D eigenvalue weighted by Gasteiger charge is -2.25. The second-order valence-corrected chi connectivity index (χ2v) is 8.67. The summed E-state index contributed by atoms with van der Waals surface area (Å²) in [5.74, 6) is -0.417. The van der Waals surface area contributed by atoms with E-state index < -0.39 is 15.9 Å². The Labute approximate surface area is 176 Å². The largest absolute Gasteiger partial charge is 0.392 e. The van der Waals surface area contributed by atoms with Gasteiger partial charge in [0.25, 0.3) is 15.9 Å². The van der Waals surface area contributed by atoms with Crippen molar-refractivity contribution in [3.63, 3.8) is 0 Å². The van der Waals surface area contributed by atoms with E-state index in [4.69, 9.17) is 5.11 Å². The Balaban J connectivity index is 1.95. The summed E-state index contributed by atoms with van der Waals surface area (Å²) in [6.45, 7) is 3.71. The molecule has 0 atom stereocenters. The molecule has 1 amide bonds. The number of carbonyl (C=O) groups is 1. The number of para-hydroxylation sites is 1. The van der Waals surface area contributed by atoms with E-state index in [-0.39, 0.29) is 23.6 Å². The number of aryl methyl sites for hydroxylation is 1. The van der Waals surface area contributed by atoms with Gasteiger partial charge in [0.2, 0.25) is 0 Å². The second kappa shape index (κ2) is 9.11. The van der Waals surface area contributed by atoms with Gasteiger partial charge in [-0.15, -0.1) is 0 Å². The number of nitrogens with zero attached hydrogens (tertiary/aromatic N) is 1. The lowest BCUT2D eigenvalue weighted by Crippen LogP contribution is -2.32. The van der Waals surface area contributed by atoms with E-state index in [0.717, 1.165) is 11.1 Å². The Morgan fingerprint density at radius 2 is 1.60 bits per heavy atom. The molecule has 0 spiro atoms. The van der Waals surface area contributed by atoms with Crippen LogP contribution in [0.25, 0.3) is 0 Å². The number of aliphatic hydroxyl groups is 1. The van der Waals surface area contributed by atoms with Crippen LogP contribution in [0.2, 0.25) is 0 Å². The molecule has 0 unspecified atom stereocenters. The maximum Gasteiger partial charge on any atom is 0.264 e. The van der Waals surface area contributed by atoms with Crippen molar-refractivity contribution in [2.45, 2.75) is 25.3 Å². The van der Waals surface area contributed by atoms with Crippen LogP contribution in [-0.4, -0.2) is 26.0 Å². The van der Waals surface area contributed by atoms with Gasteiger partial charge in [0.15, 0.2) is 0 Å². The highest BCUT2D eigenvalue weighted by Crippen LogP contribution is 2.28. The number of sulfonamides is 1. The van der Waals surface area contributed by atoms with E-state index in [2.05, 4.69) is 5.32 Å². The average Bonchev–Trinajstić information content (AvgIpc) is 2.75. The predicted molar refractivity (Wildman–Crippen MR) is 118 cm³/mol. The Morgan fingerprint density at radius 1 is 0.967 bits per heavy atom. The second-order valence-electron chi connectivity index (χ2n) is 6.81. The number of benzene rings is 3. The zero-order valence-electron chi connectivity index (χ0n) is 16.9. The van der Waals surface area contributed by atoms with Crippen LogP contribution in [0.5, 0.6) is 0 Å². The molecular formula is C23H24N2O4S. The zero-order valence-corrected chi connectivity index (χ0v) is 17.7. The normalized spacial score (nSPS) is 11.2. The van der Waals surface area contributed by atoms with Crippen LogP contribution in [0.3, 0.4) is 0 Å². The highest BCUT2D eigenvalue weighted by molar-refractivity contribution is 7.92. The molecule has 6 nitrogen and oxygen atoms in total. The monoisotopic (exact) mass is 424 g/mol. The molecule has 156 valence electrons. The van der Waals surface area contributed by atoms with Crippen molar-refractivity contribution in [2.75, 3.05) is 16.2 Å². The Hall–Kier alpha value is -3.16. The van der Waals surface area contributed by atoms with Crippen LogP contribution in [0, 0.1) is 6.92 Å². The third-order valence-electron chi connectivity index (χ3n) is 4.71. The predicted octanol–water partition coefficient (Wildman–Crippen LogP) is 3.95. The quantitative estimate of drug-likeness (QED) is 0.601. The lowest BCUT2D eigenvalue weighted by atomic mass is 10.1. The number of hydrogen-bond acceptors (Lipinski definition) is 4. The van der Waals surface area contributed by atoms with Gasteiger partial charge in [-0.1, -0.05) is 42.0 Å². The molecule has 30 heavy (non-hydrogen) atoms. The van der Waals surface area contributed by atoms with Crippen LogP contribution in [0.4, 0.5) is 11.4 Å². The fourth-order valence-corrected chi connectivity index (χ4v) is 4.57. The van der Waals surface area contributed by atoms with Gasteiger partial charge in [-0.2, -0.15) is 0 Å². The summed E-state index contributed by atoms with van der Waals surface area (Å²) >= 11 is 0. The van der Waals surface area contributed by atoms with E-state index in [0.29, 0.717) is 11.4 Å². The smallest absolute Gasteiger partial charge is 0.264 e. The topological polar surface area (TPSA) is 86.7 Å². The highest BCUT2D eigenvalue weighted by Gasteiger charge is 2.27. The minimum atomic E-state index is -3.83. The van der Waals surface area contributed by atoms with Gasteiger partial charge >= 0.3 is 0 Å². The number of carbonyl (C=O) groups excluding carboxylic acids is 1. The standard InChI is InChI=1S/C23H24N2O4S/c1-3-25(30(28,29)20-14-8-17(2)9-15-20)22-7-5-4-6-21(22)23(27)24-19-12-10-18(16-26)11-13-19/h4-15,26H,3,16H2,1-2H3,(H,24,27). The fraction of sp³-hybridized carbons (Fsp3) is 0.174. The molecule has 0 heterocycles. The summed E-state index contributed by atoms with van der Waals surface area (Å²) in [5, 5.41) is 11.9. The van der Waals surface area contributed by atoms with Crippen LogP contribution in [0.1, 0.15) is 28.4 Å². The molecule has 0 bridgehead atoms. The SMILES string of the molecule is CCN(c1ccccc1C(=O)Nc1ccc(CO)cc1)S(=O)(=O)c1ccc(C)cc1. The highest BCUT2D eigenvalue weighted by atomic mass is 32.2. The van der Waals surface area contributed by atoms with Gasteiger partial charge in [0, 0.05) is 12.2 Å². The third kappa shape index (κ3) is 4.53. The first kappa shape index (κ1) is 21.5. The number of anilines is 2. The van der Waals surface area contributed by atoms with Gasteiger partial charge in [-0.05, 0) is 55.8 Å². The zero-order chi connectivity index (χ0) is 21.7. The summed E-state index contributed by atoms with van der Waals surface area (Å²) in [4.78, 5) is 13.1. The van der Waals surface area contributed by atoms with Crippen molar-refractivity contribution < 1.29 is 18.3 Å². The van der Waals surface area contributed by atoms with Crippen molar-refractivity contribution in [1.82, 2.24) is 0 Å². The molecule has 0 radical (unpaired) electrons. The maximum atomic E-state index is 13.2. The Morgan fingerprint density at radius 3 is 2.20 bits per heavy atom. The van der Waals surface area contributed by atoms with Gasteiger partial charge in [-0.25, -0.2) is 8.42 Å². The van der Waals surface area contributed by atoms with Crippen molar-refractivity contribution >= 4 is 27.3 Å². The number of amides is 1. The summed E-state index contributed by atoms with van der Waals surface area (Å²) < 4.78 is 27.7. The lowest BCUT2D eigenvalue weighted by molar-refractivity contribution is 0.102. The van der Waals surface area contributed by atoms with Crippen molar-refractivity contribution in [2.24, 2.45) is 0 Å². The first-order valence-electron chi connectivity index (χ1n) is 9.56. The van der Waals surface area contributed by atoms with Crippen LogP contribution >= 0.6 is 0 Å². The maximum absolute atomic E-state index is 13.2. The molecule has 0 saturated carbocycles. The number of nitrogens with one attached hydrogen (secondary N) is 1. The first-order chi connectivity index (χ1) is 14.4. The van der Waals surface area contributed by atoms with Gasteiger partial charge < -0.3 is 10.4 Å². The molecule has 7 heteroatoms. The van der Waals surface area contributed by atoms with E-state index in [1.165, 1.54) is 4.31 Å². The number of rotatable bonds is 7. The number of hydrogen-bond donors (Lipinski definition) is 2. The Kier molecular flexibility index (Phi) is 6.54. The molecule has 3 aromatic carbocycles. The van der Waals surface area contributed by atoms with Crippen molar-refractivity contribution in [1.29, 1.82) is 0 Å². The minimum Gasteiger partial charge on any atom is -0.392 e. The van der Waals surface area contributed by atoms with Gasteiger partial charge in [0.1, 0.15) is 0 Å². The summed E-state index contributed by atoms with van der Waals surface area (Å²) in [6.07, 6.45) is 0. The average molecular weight is 425 g/mol. The number of aliphatic hydroxyl groups excluding tert-OH is 1. The summed E-state index contributed by atoms with van der Waals surface area (Å²) in [7, 11) is -3.83. The summed E-state index contributed by atoms with van der Waals surface area (Å²) in [6, 6.07) is 20.0. The van der Waals surface area contributed by atoms with Crippen LogP contribution < -0.4 is 9.62 Å². The minimum absolute atomic E-state index is 0.0839. The molecule has 2 N–H and O–H groups in total. The molecule has 0 aliphatic rings. The fourth-order valence-electron chi connectivity index (χ4n) is 3.08. The van der Waals surface area contributed by atoms with Crippen molar-refractivity contribution in [3.05, 3.63) is 89.5 Å². The van der Waals surface area contributed by atoms with Gasteiger partial charge in [0.05, 0.1) is 22.8 Å². The van der Waals surface area contributed by atoms with Gasteiger partial charge in [-0.3, -0.25) is 9.10 Å². The van der Waals surface area contributed by atoms with E-state index >= 15 is 0 Å². The third-order valence-corrected chi connectivity index (χ3v) is 6.61. The molecule has 0 saturated heterocycles. The molecular weight excluding hydrogens is 400 g/mol. The first-order valence-corrected chi connectivity index (χ1v) is 11.0. The molecule has 3 rings (SSSR count).